The number of fused-ring (bicyclic) bond motifs is 5. The van der Waals surface area contributed by atoms with E-state index in [0.29, 0.717) is 31.7 Å². The van der Waals surface area contributed by atoms with Gasteiger partial charge in [-0.25, -0.2) is 0 Å². The van der Waals surface area contributed by atoms with Crippen molar-refractivity contribution in [1.29, 1.82) is 0 Å². The van der Waals surface area contributed by atoms with Gasteiger partial charge in [0.05, 0.1) is 24.4 Å². The zero-order valence-electron chi connectivity index (χ0n) is 22.2. The fraction of sp³-hybridized carbons (Fsp3) is 1.00. The van der Waals surface area contributed by atoms with E-state index in [1.807, 2.05) is 0 Å². The van der Waals surface area contributed by atoms with Gasteiger partial charge in [-0.1, -0.05) is 13.8 Å². The molecule has 16 atom stereocenters. The molecule has 4 saturated carbocycles. The van der Waals surface area contributed by atoms with Gasteiger partial charge >= 0.3 is 0 Å². The number of rotatable bonds is 0. The van der Waals surface area contributed by atoms with Crippen molar-refractivity contribution >= 4 is 0 Å². The smallest absolute Gasteiger partial charge is 0.195 e. The molecule has 0 aromatic heterocycles. The first-order chi connectivity index (χ1) is 17.2. The second-order valence-corrected chi connectivity index (χ2v) is 14.7. The minimum atomic E-state index is -1.76. The molecule has 3 saturated heterocycles. The average Bonchev–Trinajstić information content (AvgIpc) is 3.11. The number of nitrogens with zero attached hydrogens (tertiary/aromatic N) is 1. The lowest BCUT2D eigenvalue weighted by atomic mass is 9.41. The highest BCUT2D eigenvalue weighted by molar-refractivity contribution is 5.30. The first-order valence-corrected chi connectivity index (χ1v) is 14.5. The molecule has 4 aliphatic carbocycles. The van der Waals surface area contributed by atoms with Crippen LogP contribution in [0.25, 0.3) is 0 Å². The van der Waals surface area contributed by atoms with Gasteiger partial charge in [0.1, 0.15) is 17.8 Å². The number of hydrogen-bond donors (Lipinski definition) is 7. The first-order valence-electron chi connectivity index (χ1n) is 14.5. The van der Waals surface area contributed by atoms with Crippen LogP contribution in [0.15, 0.2) is 0 Å². The molecule has 7 fully saturated rings. The molecule has 3 heterocycles. The lowest BCUT2D eigenvalue weighted by Gasteiger charge is -2.70. The van der Waals surface area contributed by atoms with Crippen LogP contribution in [0.3, 0.4) is 0 Å². The van der Waals surface area contributed by atoms with E-state index < -0.39 is 75.9 Å². The maximum atomic E-state index is 12.6. The Balaban J connectivity index is 1.36. The highest BCUT2D eigenvalue weighted by atomic mass is 16.6. The monoisotopic (exact) mass is 523 g/mol. The van der Waals surface area contributed by atoms with E-state index in [-0.39, 0.29) is 25.0 Å². The molecule has 9 heteroatoms. The third-order valence-corrected chi connectivity index (χ3v) is 13.4. The Labute approximate surface area is 218 Å². The molecule has 37 heavy (non-hydrogen) atoms. The Bertz CT molecular complexity index is 980. The molecule has 0 unspecified atom stereocenters. The van der Waals surface area contributed by atoms with Gasteiger partial charge in [0.2, 0.25) is 0 Å². The van der Waals surface area contributed by atoms with Gasteiger partial charge in [-0.3, -0.25) is 4.90 Å². The van der Waals surface area contributed by atoms with Gasteiger partial charge in [-0.15, -0.1) is 0 Å². The van der Waals surface area contributed by atoms with Crippen LogP contribution in [0.5, 0.6) is 0 Å². The summed E-state index contributed by atoms with van der Waals surface area (Å²) in [7, 11) is 0. The Kier molecular flexibility index (Phi) is 5.17. The highest BCUT2D eigenvalue weighted by Crippen LogP contribution is 2.77. The van der Waals surface area contributed by atoms with E-state index in [1.54, 1.807) is 6.92 Å². The molecule has 7 rings (SSSR count). The largest absolute Gasteiger partial charge is 0.393 e. The van der Waals surface area contributed by atoms with Crippen LogP contribution in [0.4, 0.5) is 0 Å². The molecule has 0 radical (unpaired) electrons. The van der Waals surface area contributed by atoms with Crippen molar-refractivity contribution in [3.8, 4) is 0 Å². The van der Waals surface area contributed by atoms with Crippen LogP contribution in [0.2, 0.25) is 0 Å². The van der Waals surface area contributed by atoms with Crippen molar-refractivity contribution in [1.82, 2.24) is 4.90 Å². The van der Waals surface area contributed by atoms with Crippen LogP contribution in [0, 0.1) is 46.3 Å². The molecule has 0 amide bonds. The number of hydrogen-bond acceptors (Lipinski definition) is 9. The quantitative estimate of drug-likeness (QED) is 0.221. The summed E-state index contributed by atoms with van der Waals surface area (Å²) in [5, 5.41) is 81.6. The first kappa shape index (κ1) is 25.6. The molecule has 0 aromatic rings. The summed E-state index contributed by atoms with van der Waals surface area (Å²) in [5.41, 5.74) is -4.27. The molecular formula is C28H45NO8. The summed E-state index contributed by atoms with van der Waals surface area (Å²) in [6, 6.07) is -0.111. The van der Waals surface area contributed by atoms with Gasteiger partial charge in [-0.2, -0.15) is 0 Å². The fourth-order valence-corrected chi connectivity index (χ4v) is 11.8. The highest BCUT2D eigenvalue weighted by Gasteiger charge is 2.82. The molecule has 7 N–H and O–H groups in total. The average molecular weight is 524 g/mol. The third kappa shape index (κ3) is 2.73. The standard InChI is InChI=1S/C28H45NO8/c1-13-4-5-18-25(3,34)20-14(11-29(18)10-13)15-9-26-12-37-28(36)17(24(26,2)7-6-19(28)31)8-16(30)22(26)27(15,35)23(33)21(20)32/h13-23,30-36H,4-12H2,1-3H3/t13-,14+,15+,16+,17+,18+,19-,20-,21-,22+,23-,24-,25-,26+,27+,28+/m1/s1. The molecule has 4 bridgehead atoms. The normalized spacial score (nSPS) is 66.8. The molecule has 3 aliphatic heterocycles. The van der Waals surface area contributed by atoms with Crippen molar-refractivity contribution in [2.24, 2.45) is 46.3 Å². The van der Waals surface area contributed by atoms with Crippen LogP contribution >= 0.6 is 0 Å². The zero-order valence-corrected chi connectivity index (χ0v) is 22.2. The lowest BCUT2D eigenvalue weighted by molar-refractivity contribution is -0.408. The van der Waals surface area contributed by atoms with E-state index >= 15 is 0 Å². The van der Waals surface area contributed by atoms with E-state index in [2.05, 4.69) is 18.7 Å². The van der Waals surface area contributed by atoms with E-state index in [1.165, 1.54) is 0 Å². The Morgan fingerprint density at radius 2 is 1.68 bits per heavy atom. The molecule has 210 valence electrons. The minimum Gasteiger partial charge on any atom is -0.393 e. The summed E-state index contributed by atoms with van der Waals surface area (Å²) in [6.07, 6.45) is -1.49. The van der Waals surface area contributed by atoms with E-state index in [0.717, 1.165) is 19.4 Å². The minimum absolute atomic E-state index is 0.0636. The SMILES string of the molecule is C[C@@H]1CC[C@@H]2N(C1)C[C@@H]1[C@H]([C@@H](O)[C@@H](O)[C@@]3(O)[C@H]4[C@@H](O)C[C@@H]5[C@]6(O)OC[C@]4(C[C@@H]13)[C@]5(C)CC[C@H]6O)[C@]2(C)O. The van der Waals surface area contributed by atoms with Gasteiger partial charge in [0.25, 0.3) is 0 Å². The fourth-order valence-electron chi connectivity index (χ4n) is 11.8. The number of piperidine rings is 2. The van der Waals surface area contributed by atoms with Crippen molar-refractivity contribution in [3.05, 3.63) is 0 Å². The maximum absolute atomic E-state index is 12.6. The molecule has 7 aliphatic rings. The van der Waals surface area contributed by atoms with Crippen molar-refractivity contribution in [2.45, 2.75) is 107 Å². The summed E-state index contributed by atoms with van der Waals surface area (Å²) < 4.78 is 6.10. The summed E-state index contributed by atoms with van der Waals surface area (Å²) in [5.74, 6) is -3.85. The second kappa shape index (κ2) is 7.47. The summed E-state index contributed by atoms with van der Waals surface area (Å²) in [4.78, 5) is 2.33. The van der Waals surface area contributed by atoms with E-state index in [9.17, 15) is 35.7 Å². The Morgan fingerprint density at radius 1 is 0.946 bits per heavy atom. The summed E-state index contributed by atoms with van der Waals surface area (Å²) in [6.45, 7) is 7.63. The number of aliphatic hydroxyl groups is 7. The van der Waals surface area contributed by atoms with Crippen LogP contribution in [-0.4, -0.2) is 108 Å². The molecular weight excluding hydrogens is 478 g/mol. The van der Waals surface area contributed by atoms with E-state index in [4.69, 9.17) is 4.74 Å². The number of ether oxygens (including phenoxy) is 1. The predicted molar refractivity (Wildman–Crippen MR) is 131 cm³/mol. The van der Waals surface area contributed by atoms with Crippen LogP contribution in [0.1, 0.15) is 59.3 Å². The topological polar surface area (TPSA) is 154 Å². The molecule has 0 aromatic carbocycles. The lowest BCUT2D eigenvalue weighted by Crippen LogP contribution is -2.78. The van der Waals surface area contributed by atoms with Gasteiger partial charge in [0, 0.05) is 42.3 Å². The van der Waals surface area contributed by atoms with Gasteiger partial charge < -0.3 is 40.5 Å². The number of aliphatic hydroxyl groups excluding tert-OH is 4. The van der Waals surface area contributed by atoms with Crippen molar-refractivity contribution in [2.75, 3.05) is 19.7 Å². The van der Waals surface area contributed by atoms with Crippen molar-refractivity contribution < 1.29 is 40.5 Å². The van der Waals surface area contributed by atoms with Gasteiger partial charge in [0.15, 0.2) is 5.79 Å². The Hall–Kier alpha value is -0.360. The second-order valence-electron chi connectivity index (χ2n) is 14.7. The van der Waals surface area contributed by atoms with Crippen LogP contribution in [-0.2, 0) is 4.74 Å². The van der Waals surface area contributed by atoms with Crippen molar-refractivity contribution in [3.63, 3.8) is 0 Å². The maximum Gasteiger partial charge on any atom is 0.195 e. The molecule has 9 nitrogen and oxygen atoms in total. The third-order valence-electron chi connectivity index (χ3n) is 13.4. The van der Waals surface area contributed by atoms with Crippen LogP contribution < -0.4 is 0 Å². The molecule has 1 spiro atoms. The zero-order chi connectivity index (χ0) is 26.5. The Morgan fingerprint density at radius 3 is 2.41 bits per heavy atom. The van der Waals surface area contributed by atoms with Gasteiger partial charge in [-0.05, 0) is 68.6 Å². The summed E-state index contributed by atoms with van der Waals surface area (Å²) >= 11 is 0. The predicted octanol–water partition coefficient (Wildman–Crippen LogP) is -0.566.